The Hall–Kier alpha value is -1.68. The van der Waals surface area contributed by atoms with Crippen molar-refractivity contribution in [2.45, 2.75) is 13.0 Å². The van der Waals surface area contributed by atoms with E-state index in [0.29, 0.717) is 0 Å². The Balaban J connectivity index is 2.17. The van der Waals surface area contributed by atoms with Gasteiger partial charge in [-0.1, -0.05) is 6.07 Å². The van der Waals surface area contributed by atoms with Crippen molar-refractivity contribution in [1.29, 1.82) is 0 Å². The molecule has 1 aliphatic heterocycles. The Bertz CT molecular complexity index is 455. The van der Waals surface area contributed by atoms with Gasteiger partial charge < -0.3 is 9.64 Å². The number of ether oxygens (including phenoxy) is 1. The van der Waals surface area contributed by atoms with Crippen LogP contribution in [0.2, 0.25) is 0 Å². The maximum absolute atomic E-state index is 11.0. The van der Waals surface area contributed by atoms with Crippen molar-refractivity contribution in [3.05, 3.63) is 35.2 Å². The first-order valence-corrected chi connectivity index (χ1v) is 5.62. The van der Waals surface area contributed by atoms with Gasteiger partial charge in [0.2, 0.25) is 0 Å². The van der Waals surface area contributed by atoms with E-state index in [0.717, 1.165) is 30.9 Å². The van der Waals surface area contributed by atoms with E-state index in [2.05, 4.69) is 27.7 Å². The highest BCUT2D eigenvalue weighted by Gasteiger charge is 2.13. The lowest BCUT2D eigenvalue weighted by atomic mass is 10.1. The molecule has 0 radical (unpaired) electrons. The summed E-state index contributed by atoms with van der Waals surface area (Å²) in [6, 6.07) is 4.01. The topological polar surface area (TPSA) is 42.4 Å². The van der Waals surface area contributed by atoms with E-state index in [-0.39, 0.29) is 5.97 Å². The average Bonchev–Trinajstić information content (AvgIpc) is 2.35. The second kappa shape index (κ2) is 5.10. The van der Waals surface area contributed by atoms with Gasteiger partial charge in [0, 0.05) is 31.3 Å². The molecule has 2 rings (SSSR count). The third kappa shape index (κ3) is 2.91. The number of hydrogen-bond donors (Lipinski definition) is 0. The number of nitrogens with zero attached hydrogens (tertiary/aromatic N) is 2. The van der Waals surface area contributed by atoms with Gasteiger partial charge in [0.05, 0.1) is 12.8 Å². The van der Waals surface area contributed by atoms with Crippen LogP contribution in [0.5, 0.6) is 0 Å². The lowest BCUT2D eigenvalue weighted by molar-refractivity contribution is -0.134. The lowest BCUT2D eigenvalue weighted by Gasteiger charge is -2.24. The largest absolute Gasteiger partial charge is 0.466 e. The van der Waals surface area contributed by atoms with Gasteiger partial charge in [-0.3, -0.25) is 4.98 Å². The summed E-state index contributed by atoms with van der Waals surface area (Å²) in [6.45, 7) is 1.98. The zero-order valence-corrected chi connectivity index (χ0v) is 10.1. The summed E-state index contributed by atoms with van der Waals surface area (Å²) in [5.74, 6) is -0.357. The minimum absolute atomic E-state index is 0.357. The Morgan fingerprint density at radius 1 is 1.53 bits per heavy atom. The molecular formula is C13H16N2O2. The van der Waals surface area contributed by atoms with Crippen LogP contribution in [-0.2, 0) is 22.5 Å². The van der Waals surface area contributed by atoms with E-state index >= 15 is 0 Å². The SMILES string of the molecule is COC(=O)/C=C/c1ccc2c(n1)CCN(C)C2. The summed E-state index contributed by atoms with van der Waals surface area (Å²) in [6.07, 6.45) is 4.04. The van der Waals surface area contributed by atoms with E-state index in [1.807, 2.05) is 6.07 Å². The molecule has 0 saturated carbocycles. The van der Waals surface area contributed by atoms with E-state index in [9.17, 15) is 4.79 Å². The normalized spacial score (nSPS) is 15.9. The van der Waals surface area contributed by atoms with Crippen molar-refractivity contribution >= 4 is 12.0 Å². The van der Waals surface area contributed by atoms with Gasteiger partial charge in [-0.05, 0) is 24.8 Å². The number of likely N-dealkylation sites (N-methyl/N-ethyl adjacent to an activating group) is 1. The molecule has 0 bridgehead atoms. The molecular weight excluding hydrogens is 216 g/mol. The first kappa shape index (κ1) is 11.8. The molecule has 17 heavy (non-hydrogen) atoms. The first-order chi connectivity index (χ1) is 8.19. The maximum Gasteiger partial charge on any atom is 0.330 e. The van der Waals surface area contributed by atoms with Gasteiger partial charge in [0.1, 0.15) is 0 Å². The number of rotatable bonds is 2. The van der Waals surface area contributed by atoms with Gasteiger partial charge in [-0.2, -0.15) is 0 Å². The predicted octanol–water partition coefficient (Wildman–Crippen LogP) is 1.26. The van der Waals surface area contributed by atoms with E-state index in [1.54, 1.807) is 6.08 Å². The van der Waals surface area contributed by atoms with Crippen molar-refractivity contribution in [3.8, 4) is 0 Å². The number of aromatic nitrogens is 1. The third-order valence-corrected chi connectivity index (χ3v) is 2.85. The number of esters is 1. The molecule has 0 aliphatic carbocycles. The summed E-state index contributed by atoms with van der Waals surface area (Å²) in [4.78, 5) is 17.8. The van der Waals surface area contributed by atoms with Gasteiger partial charge in [-0.15, -0.1) is 0 Å². The van der Waals surface area contributed by atoms with Crippen LogP contribution in [0.4, 0.5) is 0 Å². The molecule has 1 aromatic heterocycles. The molecule has 0 amide bonds. The van der Waals surface area contributed by atoms with Crippen LogP contribution in [0.25, 0.3) is 6.08 Å². The summed E-state index contributed by atoms with van der Waals surface area (Å²) in [5, 5.41) is 0. The second-order valence-corrected chi connectivity index (χ2v) is 4.19. The maximum atomic E-state index is 11.0. The molecule has 4 nitrogen and oxygen atoms in total. The minimum atomic E-state index is -0.357. The fourth-order valence-electron chi connectivity index (χ4n) is 1.89. The molecule has 90 valence electrons. The van der Waals surface area contributed by atoms with E-state index in [4.69, 9.17) is 0 Å². The van der Waals surface area contributed by atoms with Crippen LogP contribution >= 0.6 is 0 Å². The Kier molecular flexibility index (Phi) is 3.54. The number of pyridine rings is 1. The highest BCUT2D eigenvalue weighted by molar-refractivity contribution is 5.86. The summed E-state index contributed by atoms with van der Waals surface area (Å²) >= 11 is 0. The molecule has 0 atom stereocenters. The van der Waals surface area contributed by atoms with Gasteiger partial charge in [-0.25, -0.2) is 4.79 Å². The molecule has 0 saturated heterocycles. The van der Waals surface area contributed by atoms with Gasteiger partial charge in [0.15, 0.2) is 0 Å². The van der Waals surface area contributed by atoms with Crippen molar-refractivity contribution in [2.75, 3.05) is 20.7 Å². The zero-order valence-electron chi connectivity index (χ0n) is 10.1. The highest BCUT2D eigenvalue weighted by Crippen LogP contribution is 2.16. The highest BCUT2D eigenvalue weighted by atomic mass is 16.5. The molecule has 0 unspecified atom stereocenters. The molecule has 0 spiro atoms. The Labute approximate surface area is 101 Å². The number of carbonyl (C=O) groups is 1. The molecule has 1 aliphatic rings. The molecule has 0 N–H and O–H groups in total. The molecule has 0 fully saturated rings. The number of carbonyl (C=O) groups excluding carboxylic acids is 1. The zero-order chi connectivity index (χ0) is 12.3. The number of methoxy groups -OCH3 is 1. The first-order valence-electron chi connectivity index (χ1n) is 5.62. The van der Waals surface area contributed by atoms with Crippen LogP contribution in [0.15, 0.2) is 18.2 Å². The standard InChI is InChI=1S/C13H16N2O2/c1-15-8-7-12-10(9-15)3-4-11(14-12)5-6-13(16)17-2/h3-6H,7-9H2,1-2H3/b6-5+. The summed E-state index contributed by atoms with van der Waals surface area (Å²) < 4.78 is 4.54. The van der Waals surface area contributed by atoms with Crippen molar-refractivity contribution in [3.63, 3.8) is 0 Å². The summed E-state index contributed by atoms with van der Waals surface area (Å²) in [5.41, 5.74) is 3.21. The number of hydrogen-bond acceptors (Lipinski definition) is 4. The predicted molar refractivity (Wildman–Crippen MR) is 65.3 cm³/mol. The second-order valence-electron chi connectivity index (χ2n) is 4.19. The monoisotopic (exact) mass is 232 g/mol. The van der Waals surface area contributed by atoms with Gasteiger partial charge in [0.25, 0.3) is 0 Å². The Morgan fingerprint density at radius 2 is 2.35 bits per heavy atom. The van der Waals surface area contributed by atoms with Crippen molar-refractivity contribution in [2.24, 2.45) is 0 Å². The van der Waals surface area contributed by atoms with Crippen molar-refractivity contribution < 1.29 is 9.53 Å². The third-order valence-electron chi connectivity index (χ3n) is 2.85. The summed E-state index contributed by atoms with van der Waals surface area (Å²) in [7, 11) is 3.47. The van der Waals surface area contributed by atoms with Crippen LogP contribution in [0, 0.1) is 0 Å². The quantitative estimate of drug-likeness (QED) is 0.568. The van der Waals surface area contributed by atoms with Crippen molar-refractivity contribution in [1.82, 2.24) is 9.88 Å². The van der Waals surface area contributed by atoms with E-state index in [1.165, 1.54) is 18.7 Å². The molecule has 0 aromatic carbocycles. The lowest BCUT2D eigenvalue weighted by Crippen LogP contribution is -2.27. The average molecular weight is 232 g/mol. The molecule has 4 heteroatoms. The molecule has 2 heterocycles. The van der Waals surface area contributed by atoms with Gasteiger partial charge >= 0.3 is 5.97 Å². The fraction of sp³-hybridized carbons (Fsp3) is 0.385. The Morgan fingerprint density at radius 3 is 3.12 bits per heavy atom. The van der Waals surface area contributed by atoms with Crippen LogP contribution in [0.3, 0.4) is 0 Å². The smallest absolute Gasteiger partial charge is 0.330 e. The van der Waals surface area contributed by atoms with Crippen LogP contribution < -0.4 is 0 Å². The molecule has 1 aromatic rings. The van der Waals surface area contributed by atoms with Crippen LogP contribution in [0.1, 0.15) is 17.0 Å². The minimum Gasteiger partial charge on any atom is -0.466 e. The number of fused-ring (bicyclic) bond motifs is 1. The van der Waals surface area contributed by atoms with E-state index < -0.39 is 0 Å². The van der Waals surface area contributed by atoms with Crippen LogP contribution in [-0.4, -0.2) is 36.6 Å². The fourth-order valence-corrected chi connectivity index (χ4v) is 1.89.